The molecule has 2 heteroatoms. The predicted octanol–water partition coefficient (Wildman–Crippen LogP) is 2.15. The smallest absolute Gasteiger partial charge is 0.331 e. The summed E-state index contributed by atoms with van der Waals surface area (Å²) in [6.45, 7) is 8.60. The van der Waals surface area contributed by atoms with Gasteiger partial charge in [0.2, 0.25) is 0 Å². The Balaban J connectivity index is 0.000000461. The number of cyclic esters (lactones) is 1. The van der Waals surface area contributed by atoms with E-state index in [4.69, 9.17) is 4.74 Å². The molecule has 0 aliphatic carbocycles. The van der Waals surface area contributed by atoms with Crippen molar-refractivity contribution in [1.82, 2.24) is 0 Å². The summed E-state index contributed by atoms with van der Waals surface area (Å²) in [5, 5.41) is 0. The van der Waals surface area contributed by atoms with Crippen LogP contribution in [0.4, 0.5) is 0 Å². The molecule has 0 atom stereocenters. The Morgan fingerprint density at radius 2 is 2.00 bits per heavy atom. The van der Waals surface area contributed by atoms with Gasteiger partial charge in [0.25, 0.3) is 0 Å². The summed E-state index contributed by atoms with van der Waals surface area (Å²) in [4.78, 5) is 10.5. The number of carbonyl (C=O) groups is 1. The van der Waals surface area contributed by atoms with Gasteiger partial charge < -0.3 is 4.74 Å². The standard InChI is InChI=1S/C7H10O2.C2H6/c1-5(2)6-3-7(8)9-4-6;1-2/h3,5H,4H2,1-2H3;1-2H3. The third kappa shape index (κ3) is 3.21. The van der Waals surface area contributed by atoms with Crippen LogP contribution in [0, 0.1) is 5.92 Å². The van der Waals surface area contributed by atoms with Crippen LogP contribution in [0.15, 0.2) is 11.6 Å². The van der Waals surface area contributed by atoms with Crippen molar-refractivity contribution in [2.45, 2.75) is 27.7 Å². The largest absolute Gasteiger partial charge is 0.458 e. The lowest BCUT2D eigenvalue weighted by atomic mass is 10.1. The van der Waals surface area contributed by atoms with Gasteiger partial charge >= 0.3 is 5.97 Å². The molecule has 0 fully saturated rings. The molecular weight excluding hydrogens is 140 g/mol. The maximum atomic E-state index is 10.5. The molecule has 11 heavy (non-hydrogen) atoms. The lowest BCUT2D eigenvalue weighted by molar-refractivity contribution is -0.134. The first-order chi connectivity index (χ1) is 5.20. The van der Waals surface area contributed by atoms with E-state index in [2.05, 4.69) is 0 Å². The molecule has 0 aromatic rings. The summed E-state index contributed by atoms with van der Waals surface area (Å²) in [6, 6.07) is 0. The highest BCUT2D eigenvalue weighted by molar-refractivity contribution is 5.85. The highest BCUT2D eigenvalue weighted by atomic mass is 16.5. The molecule has 0 saturated carbocycles. The summed E-state index contributed by atoms with van der Waals surface area (Å²) in [5.41, 5.74) is 1.10. The van der Waals surface area contributed by atoms with Crippen LogP contribution in [0.1, 0.15) is 27.7 Å². The number of rotatable bonds is 1. The summed E-state index contributed by atoms with van der Waals surface area (Å²) in [7, 11) is 0. The average molecular weight is 156 g/mol. The highest BCUT2D eigenvalue weighted by Gasteiger charge is 2.14. The van der Waals surface area contributed by atoms with Crippen molar-refractivity contribution in [3.05, 3.63) is 11.6 Å². The monoisotopic (exact) mass is 156 g/mol. The fraction of sp³-hybridized carbons (Fsp3) is 0.667. The average Bonchev–Trinajstić information content (AvgIpc) is 2.40. The molecule has 1 aliphatic heterocycles. The van der Waals surface area contributed by atoms with E-state index >= 15 is 0 Å². The van der Waals surface area contributed by atoms with Crippen molar-refractivity contribution in [2.24, 2.45) is 5.92 Å². The van der Waals surface area contributed by atoms with E-state index in [1.165, 1.54) is 0 Å². The molecule has 0 unspecified atom stereocenters. The molecule has 1 heterocycles. The fourth-order valence-corrected chi connectivity index (χ4v) is 0.723. The first-order valence-corrected chi connectivity index (χ1v) is 4.07. The van der Waals surface area contributed by atoms with Gasteiger partial charge in [-0.3, -0.25) is 0 Å². The second kappa shape index (κ2) is 4.94. The maximum Gasteiger partial charge on any atom is 0.331 e. The van der Waals surface area contributed by atoms with Gasteiger partial charge in [0, 0.05) is 6.08 Å². The number of hydrogen-bond donors (Lipinski definition) is 0. The second-order valence-corrected chi connectivity index (χ2v) is 2.48. The van der Waals surface area contributed by atoms with Gasteiger partial charge in [-0.05, 0) is 11.5 Å². The lowest BCUT2D eigenvalue weighted by Gasteiger charge is -2.00. The minimum absolute atomic E-state index is 0.196. The Hall–Kier alpha value is -0.790. The van der Waals surface area contributed by atoms with Gasteiger partial charge in [-0.15, -0.1) is 0 Å². The Kier molecular flexibility index (Phi) is 4.59. The number of esters is 1. The molecule has 1 rings (SSSR count). The van der Waals surface area contributed by atoms with E-state index in [9.17, 15) is 4.79 Å². The van der Waals surface area contributed by atoms with Gasteiger partial charge in [0.05, 0.1) is 0 Å². The summed E-state index contributed by atoms with van der Waals surface area (Å²) in [5.74, 6) is 0.246. The van der Waals surface area contributed by atoms with Crippen LogP contribution in [0.2, 0.25) is 0 Å². The van der Waals surface area contributed by atoms with Crippen LogP contribution < -0.4 is 0 Å². The van der Waals surface area contributed by atoms with E-state index in [0.717, 1.165) is 5.57 Å². The lowest BCUT2D eigenvalue weighted by Crippen LogP contribution is -1.95. The fourth-order valence-electron chi connectivity index (χ4n) is 0.723. The van der Waals surface area contributed by atoms with Crippen LogP contribution in [0.3, 0.4) is 0 Å². The molecule has 1 aliphatic rings. The number of carbonyl (C=O) groups excluding carboxylic acids is 1. The van der Waals surface area contributed by atoms with E-state index in [0.29, 0.717) is 12.5 Å². The van der Waals surface area contributed by atoms with Crippen molar-refractivity contribution >= 4 is 5.97 Å². The Morgan fingerprint density at radius 3 is 2.18 bits per heavy atom. The molecule has 64 valence electrons. The number of hydrogen-bond acceptors (Lipinski definition) is 2. The summed E-state index contributed by atoms with van der Waals surface area (Å²) in [6.07, 6.45) is 1.57. The molecule has 0 radical (unpaired) electrons. The topological polar surface area (TPSA) is 26.3 Å². The molecule has 0 aromatic carbocycles. The van der Waals surface area contributed by atoms with Crippen molar-refractivity contribution in [3.63, 3.8) is 0 Å². The van der Waals surface area contributed by atoms with Crippen molar-refractivity contribution in [1.29, 1.82) is 0 Å². The highest BCUT2D eigenvalue weighted by Crippen LogP contribution is 2.14. The van der Waals surface area contributed by atoms with Crippen LogP contribution in [-0.4, -0.2) is 12.6 Å². The minimum Gasteiger partial charge on any atom is -0.458 e. The van der Waals surface area contributed by atoms with E-state index in [1.54, 1.807) is 6.08 Å². The van der Waals surface area contributed by atoms with Crippen LogP contribution >= 0.6 is 0 Å². The normalized spacial score (nSPS) is 15.4. The third-order valence-electron chi connectivity index (χ3n) is 1.43. The second-order valence-electron chi connectivity index (χ2n) is 2.48. The summed E-state index contributed by atoms with van der Waals surface area (Å²) >= 11 is 0. The van der Waals surface area contributed by atoms with Crippen molar-refractivity contribution in [3.8, 4) is 0 Å². The van der Waals surface area contributed by atoms with E-state index < -0.39 is 0 Å². The van der Waals surface area contributed by atoms with Crippen molar-refractivity contribution < 1.29 is 9.53 Å². The van der Waals surface area contributed by atoms with Gasteiger partial charge in [0.15, 0.2) is 0 Å². The van der Waals surface area contributed by atoms with Gasteiger partial charge in [-0.1, -0.05) is 27.7 Å². The quantitative estimate of drug-likeness (QED) is 0.544. The molecule has 0 amide bonds. The molecule has 0 aromatic heterocycles. The zero-order valence-electron chi connectivity index (χ0n) is 7.68. The zero-order chi connectivity index (χ0) is 8.85. The Labute approximate surface area is 68.2 Å². The molecule has 2 nitrogen and oxygen atoms in total. The van der Waals surface area contributed by atoms with Crippen molar-refractivity contribution in [2.75, 3.05) is 6.61 Å². The molecule has 0 N–H and O–H groups in total. The molecule has 0 spiro atoms. The summed E-state index contributed by atoms with van der Waals surface area (Å²) < 4.78 is 4.70. The van der Waals surface area contributed by atoms with Crippen LogP contribution in [0.25, 0.3) is 0 Å². The van der Waals surface area contributed by atoms with E-state index in [-0.39, 0.29) is 5.97 Å². The van der Waals surface area contributed by atoms with Gasteiger partial charge in [0.1, 0.15) is 6.61 Å². The first kappa shape index (κ1) is 10.2. The maximum absolute atomic E-state index is 10.5. The molecule has 0 saturated heterocycles. The first-order valence-electron chi connectivity index (χ1n) is 4.07. The third-order valence-corrected chi connectivity index (χ3v) is 1.43. The molecule has 0 bridgehead atoms. The Morgan fingerprint density at radius 1 is 1.45 bits per heavy atom. The van der Waals surface area contributed by atoms with Gasteiger partial charge in [-0.2, -0.15) is 0 Å². The van der Waals surface area contributed by atoms with Crippen LogP contribution in [-0.2, 0) is 9.53 Å². The van der Waals surface area contributed by atoms with E-state index in [1.807, 2.05) is 27.7 Å². The predicted molar refractivity (Wildman–Crippen MR) is 45.2 cm³/mol. The molecular formula is C9H16O2. The Bertz CT molecular complexity index is 157. The van der Waals surface area contributed by atoms with Crippen LogP contribution in [0.5, 0.6) is 0 Å². The van der Waals surface area contributed by atoms with Gasteiger partial charge in [-0.25, -0.2) is 4.79 Å². The number of ether oxygens (including phenoxy) is 1. The zero-order valence-corrected chi connectivity index (χ0v) is 7.68. The SMILES string of the molecule is CC.CC(C)C1=CC(=O)OC1. The minimum atomic E-state index is -0.196.